The summed E-state index contributed by atoms with van der Waals surface area (Å²) in [5.41, 5.74) is -0.429. The van der Waals surface area contributed by atoms with Crippen molar-refractivity contribution in [3.8, 4) is 0 Å². The molecule has 1 atom stereocenters. The Morgan fingerprint density at radius 3 is 1.56 bits per heavy atom. The second kappa shape index (κ2) is 20.1. The van der Waals surface area contributed by atoms with Crippen LogP contribution in [0.15, 0.2) is 0 Å². The molecule has 0 aromatic carbocycles. The van der Waals surface area contributed by atoms with Crippen molar-refractivity contribution < 1.29 is 9.53 Å². The molecule has 0 radical (unpaired) electrons. The third-order valence-electron chi connectivity index (χ3n) is 4.78. The number of hydrogen-bond acceptors (Lipinski definition) is 2. The van der Waals surface area contributed by atoms with Gasteiger partial charge >= 0.3 is 5.97 Å². The molecule has 0 aliphatic heterocycles. The first-order valence-corrected chi connectivity index (χ1v) is 11.5. The normalized spacial score (nSPS) is 12.3. The summed E-state index contributed by atoms with van der Waals surface area (Å²) in [6.45, 7) is 4.48. The van der Waals surface area contributed by atoms with E-state index in [0.29, 0.717) is 6.42 Å². The van der Waals surface area contributed by atoms with Crippen molar-refractivity contribution in [2.24, 2.45) is 0 Å². The Balaban J connectivity index is 3.32. The Morgan fingerprint density at radius 2 is 1.08 bits per heavy atom. The van der Waals surface area contributed by atoms with E-state index in [-0.39, 0.29) is 5.97 Å². The van der Waals surface area contributed by atoms with E-state index >= 15 is 0 Å². The zero-order valence-corrected chi connectivity index (χ0v) is 17.8. The van der Waals surface area contributed by atoms with E-state index in [0.717, 1.165) is 25.7 Å². The first-order valence-electron chi connectivity index (χ1n) is 11.0. The number of unbranched alkanes of at least 4 members (excludes halogenated alkanes) is 14. The van der Waals surface area contributed by atoms with E-state index in [9.17, 15) is 4.79 Å². The summed E-state index contributed by atoms with van der Waals surface area (Å²) in [5.74, 6) is -0.121. The van der Waals surface area contributed by atoms with Gasteiger partial charge in [-0.3, -0.25) is 4.79 Å². The molecular formula is C22H43ClO2. The van der Waals surface area contributed by atoms with E-state index in [1.54, 1.807) is 0 Å². The van der Waals surface area contributed by atoms with Gasteiger partial charge < -0.3 is 4.74 Å². The molecule has 0 heterocycles. The van der Waals surface area contributed by atoms with Gasteiger partial charge in [0.2, 0.25) is 0 Å². The Kier molecular flexibility index (Phi) is 19.9. The number of ether oxygens (including phenoxy) is 1. The Labute approximate surface area is 162 Å². The van der Waals surface area contributed by atoms with E-state index < -0.39 is 5.56 Å². The van der Waals surface area contributed by atoms with Gasteiger partial charge in [0, 0.05) is 6.42 Å². The molecule has 150 valence electrons. The lowest BCUT2D eigenvalue weighted by Gasteiger charge is -2.11. The third-order valence-corrected chi connectivity index (χ3v) is 5.09. The molecule has 0 aliphatic carbocycles. The number of hydrogen-bond donors (Lipinski definition) is 0. The highest BCUT2D eigenvalue weighted by molar-refractivity contribution is 6.20. The summed E-state index contributed by atoms with van der Waals surface area (Å²) in [6.07, 6.45) is 21.5. The summed E-state index contributed by atoms with van der Waals surface area (Å²) in [4.78, 5) is 11.7. The fraction of sp³-hybridized carbons (Fsp3) is 0.955. The molecule has 0 aromatic heterocycles. The zero-order chi connectivity index (χ0) is 18.6. The van der Waals surface area contributed by atoms with Gasteiger partial charge in [0.1, 0.15) is 0 Å². The predicted octanol–water partition coefficient (Wildman–Crippen LogP) is 8.16. The average Bonchev–Trinajstić information content (AvgIpc) is 2.59. The lowest BCUT2D eigenvalue weighted by atomic mass is 10.1. The minimum Gasteiger partial charge on any atom is -0.446 e. The molecule has 3 heteroatoms. The maximum atomic E-state index is 11.7. The minimum absolute atomic E-state index is 0.121. The van der Waals surface area contributed by atoms with Crippen molar-refractivity contribution in [1.82, 2.24) is 0 Å². The molecule has 0 saturated heterocycles. The molecule has 1 unspecified atom stereocenters. The molecule has 0 aromatic rings. The minimum atomic E-state index is -0.429. The van der Waals surface area contributed by atoms with Crippen molar-refractivity contribution in [3.05, 3.63) is 0 Å². The zero-order valence-electron chi connectivity index (χ0n) is 17.0. The highest BCUT2D eigenvalue weighted by Crippen LogP contribution is 2.15. The van der Waals surface area contributed by atoms with Crippen LogP contribution in [0.1, 0.15) is 129 Å². The highest BCUT2D eigenvalue weighted by Gasteiger charge is 2.10. The van der Waals surface area contributed by atoms with Gasteiger partial charge in [-0.2, -0.15) is 0 Å². The number of esters is 1. The highest BCUT2D eigenvalue weighted by atomic mass is 35.5. The Morgan fingerprint density at radius 1 is 0.680 bits per heavy atom. The largest absolute Gasteiger partial charge is 0.446 e. The number of alkyl halides is 1. The van der Waals surface area contributed by atoms with Crippen LogP contribution in [0.25, 0.3) is 0 Å². The summed E-state index contributed by atoms with van der Waals surface area (Å²) in [7, 11) is 0. The van der Waals surface area contributed by atoms with Gasteiger partial charge in [0.25, 0.3) is 0 Å². The molecule has 0 amide bonds. The number of rotatable bonds is 19. The lowest BCUT2D eigenvalue weighted by molar-refractivity contribution is -0.145. The van der Waals surface area contributed by atoms with Crippen LogP contribution in [0, 0.1) is 0 Å². The van der Waals surface area contributed by atoms with Crippen molar-refractivity contribution in [1.29, 1.82) is 0 Å². The molecule has 25 heavy (non-hydrogen) atoms. The van der Waals surface area contributed by atoms with Gasteiger partial charge in [-0.15, -0.1) is 0 Å². The van der Waals surface area contributed by atoms with Crippen molar-refractivity contribution in [3.63, 3.8) is 0 Å². The Bertz CT molecular complexity index is 281. The van der Waals surface area contributed by atoms with Crippen LogP contribution >= 0.6 is 11.6 Å². The molecule has 0 saturated carbocycles. The van der Waals surface area contributed by atoms with E-state index in [1.165, 1.54) is 83.5 Å². The number of carbonyl (C=O) groups excluding carboxylic acids is 1. The standard InChI is InChI=1S/C22H43ClO2/c1-3-5-7-9-11-12-14-15-17-19-21(23)25-22(24)20-18-16-13-10-8-6-4-2/h21H,3-20H2,1-2H3. The van der Waals surface area contributed by atoms with E-state index in [2.05, 4.69) is 13.8 Å². The molecule has 0 rings (SSSR count). The van der Waals surface area contributed by atoms with Crippen molar-refractivity contribution in [2.75, 3.05) is 0 Å². The van der Waals surface area contributed by atoms with E-state index in [4.69, 9.17) is 16.3 Å². The van der Waals surface area contributed by atoms with Crippen LogP contribution in [0.3, 0.4) is 0 Å². The first-order chi connectivity index (χ1) is 12.2. The summed E-state index contributed by atoms with van der Waals surface area (Å²) >= 11 is 6.13. The van der Waals surface area contributed by atoms with Gasteiger partial charge in [0.15, 0.2) is 5.56 Å². The monoisotopic (exact) mass is 374 g/mol. The Hall–Kier alpha value is -0.240. The van der Waals surface area contributed by atoms with Crippen LogP contribution in [-0.2, 0) is 9.53 Å². The first kappa shape index (κ1) is 24.8. The van der Waals surface area contributed by atoms with Crippen LogP contribution < -0.4 is 0 Å². The van der Waals surface area contributed by atoms with Gasteiger partial charge in [-0.05, 0) is 19.3 Å². The van der Waals surface area contributed by atoms with E-state index in [1.807, 2.05) is 0 Å². The average molecular weight is 375 g/mol. The predicted molar refractivity (Wildman–Crippen MR) is 110 cm³/mol. The fourth-order valence-corrected chi connectivity index (χ4v) is 3.36. The quantitative estimate of drug-likeness (QED) is 0.129. The molecule has 0 fully saturated rings. The van der Waals surface area contributed by atoms with Crippen molar-refractivity contribution in [2.45, 2.75) is 135 Å². The molecule has 0 aliphatic rings. The van der Waals surface area contributed by atoms with Crippen molar-refractivity contribution >= 4 is 17.6 Å². The molecule has 0 spiro atoms. The molecular weight excluding hydrogens is 332 g/mol. The third kappa shape index (κ3) is 19.9. The van der Waals surface area contributed by atoms with Crippen LogP contribution in [0.5, 0.6) is 0 Å². The second-order valence-corrected chi connectivity index (χ2v) is 7.88. The maximum absolute atomic E-state index is 11.7. The number of halogens is 1. The molecule has 2 nitrogen and oxygen atoms in total. The fourth-order valence-electron chi connectivity index (χ4n) is 3.10. The smallest absolute Gasteiger partial charge is 0.307 e. The maximum Gasteiger partial charge on any atom is 0.307 e. The summed E-state index contributed by atoms with van der Waals surface area (Å²) in [6, 6.07) is 0. The second-order valence-electron chi connectivity index (χ2n) is 7.39. The molecule has 0 bridgehead atoms. The van der Waals surface area contributed by atoms with Gasteiger partial charge in [-0.25, -0.2) is 0 Å². The van der Waals surface area contributed by atoms with Crippen LogP contribution in [-0.4, -0.2) is 11.5 Å². The van der Waals surface area contributed by atoms with Crippen LogP contribution in [0.4, 0.5) is 0 Å². The van der Waals surface area contributed by atoms with Gasteiger partial charge in [-0.1, -0.05) is 115 Å². The topological polar surface area (TPSA) is 26.3 Å². The lowest BCUT2D eigenvalue weighted by Crippen LogP contribution is -2.12. The summed E-state index contributed by atoms with van der Waals surface area (Å²) < 4.78 is 5.29. The summed E-state index contributed by atoms with van der Waals surface area (Å²) in [5, 5.41) is 0. The van der Waals surface area contributed by atoms with Gasteiger partial charge in [0.05, 0.1) is 0 Å². The SMILES string of the molecule is CCCCCCCCCCCC(Cl)OC(=O)CCCCCCCCC. The molecule has 0 N–H and O–H groups in total. The van der Waals surface area contributed by atoms with Crippen LogP contribution in [0.2, 0.25) is 0 Å². The number of carbonyl (C=O) groups is 1.